The number of hydrogen-bond donors (Lipinski definition) is 3. The smallest absolute Gasteiger partial charge is 0.0490 e. The van der Waals surface area contributed by atoms with E-state index in [9.17, 15) is 0 Å². The maximum atomic E-state index is 7.00. The highest BCUT2D eigenvalue weighted by atomic mass is 16.5. The molecule has 4 rings (SSSR count). The molecule has 0 amide bonds. The number of nitrogens with two attached hydrogens (primary N) is 1. The molecule has 4 aliphatic carbocycles. The number of aliphatic hydroxyl groups excluding tert-OH is 1. The first kappa shape index (κ1) is 21.5. The Kier molecular flexibility index (Phi) is 7.27. The molecule has 0 aliphatic heterocycles. The zero-order valence-corrected chi connectivity index (χ0v) is 18.1. The summed E-state index contributed by atoms with van der Waals surface area (Å²) in [6.07, 6.45) is 13.1. The summed E-state index contributed by atoms with van der Waals surface area (Å²) >= 11 is 0. The summed E-state index contributed by atoms with van der Waals surface area (Å²) in [6.45, 7) is 5.91. The van der Waals surface area contributed by atoms with Crippen LogP contribution < -0.4 is 11.3 Å². The lowest BCUT2D eigenvalue weighted by Gasteiger charge is -2.56. The van der Waals surface area contributed by atoms with E-state index < -0.39 is 0 Å². The van der Waals surface area contributed by atoms with E-state index in [0.717, 1.165) is 55.1 Å². The molecule has 27 heavy (non-hydrogen) atoms. The van der Waals surface area contributed by atoms with Gasteiger partial charge < -0.3 is 9.84 Å². The molecule has 0 bridgehead atoms. The van der Waals surface area contributed by atoms with Crippen molar-refractivity contribution in [3.05, 3.63) is 0 Å². The molecule has 9 unspecified atom stereocenters. The maximum Gasteiger partial charge on any atom is 0.0490 e. The van der Waals surface area contributed by atoms with Crippen LogP contribution in [0.3, 0.4) is 0 Å². The molecule has 4 nitrogen and oxygen atoms in total. The molecule has 4 saturated carbocycles. The Morgan fingerprint density at radius 2 is 1.78 bits per heavy atom. The first-order chi connectivity index (χ1) is 13.1. The van der Waals surface area contributed by atoms with Gasteiger partial charge in [0, 0.05) is 26.9 Å². The predicted octanol–water partition coefficient (Wildman–Crippen LogP) is 3.98. The molecule has 4 fully saturated rings. The topological polar surface area (TPSA) is 67.5 Å². The van der Waals surface area contributed by atoms with Gasteiger partial charge in [-0.1, -0.05) is 6.92 Å². The fourth-order valence-electron chi connectivity index (χ4n) is 8.32. The van der Waals surface area contributed by atoms with Crippen molar-refractivity contribution >= 4 is 0 Å². The molecule has 9 atom stereocenters. The van der Waals surface area contributed by atoms with E-state index in [0.29, 0.717) is 11.5 Å². The highest BCUT2D eigenvalue weighted by molar-refractivity contribution is 5.07. The van der Waals surface area contributed by atoms with Crippen LogP contribution in [0.1, 0.15) is 71.6 Å². The highest BCUT2D eigenvalue weighted by Gasteiger charge is 2.57. The van der Waals surface area contributed by atoms with Crippen LogP contribution in [0.15, 0.2) is 0 Å². The average molecular weight is 381 g/mol. The second-order valence-electron chi connectivity index (χ2n) is 10.3. The predicted molar refractivity (Wildman–Crippen MR) is 111 cm³/mol. The number of fused-ring (bicyclic) bond motifs is 5. The van der Waals surface area contributed by atoms with Crippen LogP contribution in [0.5, 0.6) is 0 Å². The minimum Gasteiger partial charge on any atom is -0.400 e. The Hall–Kier alpha value is -0.160. The molecule has 158 valence electrons. The van der Waals surface area contributed by atoms with Crippen molar-refractivity contribution in [2.24, 2.45) is 52.7 Å². The Labute approximate surface area is 167 Å². The van der Waals surface area contributed by atoms with Gasteiger partial charge in [-0.05, 0) is 112 Å². The number of hydrazine groups is 1. The van der Waals surface area contributed by atoms with Crippen LogP contribution in [0.2, 0.25) is 0 Å². The highest BCUT2D eigenvalue weighted by Crippen LogP contribution is 2.64. The number of nitrogens with one attached hydrogen (secondary N) is 1. The van der Waals surface area contributed by atoms with Crippen molar-refractivity contribution in [3.8, 4) is 0 Å². The van der Waals surface area contributed by atoms with Crippen LogP contribution in [0, 0.1) is 46.8 Å². The first-order valence-electron chi connectivity index (χ1n) is 11.5. The standard InChI is InChI=1S/C22H40N2O.CH4O/c1-14(24-23)20-8-9-21-19-7-5-16-12-15(13-25-3)4-6-17(16)18(19)10-11-22(20,21)2;1-2/h14-21,24H,4-13,23H2,1-3H3;2H,1H3. The van der Waals surface area contributed by atoms with Gasteiger partial charge in [0.15, 0.2) is 0 Å². The van der Waals surface area contributed by atoms with Gasteiger partial charge in [0.1, 0.15) is 0 Å². The van der Waals surface area contributed by atoms with Crippen LogP contribution in [0.4, 0.5) is 0 Å². The second-order valence-corrected chi connectivity index (χ2v) is 10.3. The molecular formula is C23H44N2O2. The number of methoxy groups -OCH3 is 1. The molecule has 4 heteroatoms. The lowest BCUT2D eigenvalue weighted by molar-refractivity contribution is -0.0745. The third-order valence-electron chi connectivity index (χ3n) is 9.41. The van der Waals surface area contributed by atoms with Gasteiger partial charge in [0.05, 0.1) is 0 Å². The fraction of sp³-hybridized carbons (Fsp3) is 1.00. The Bertz CT molecular complexity index is 473. The number of ether oxygens (including phenoxy) is 1. The fourth-order valence-corrected chi connectivity index (χ4v) is 8.32. The van der Waals surface area contributed by atoms with Crippen LogP contribution in [-0.2, 0) is 4.74 Å². The summed E-state index contributed by atoms with van der Waals surface area (Å²) in [5, 5.41) is 7.00. The van der Waals surface area contributed by atoms with Crippen LogP contribution >= 0.6 is 0 Å². The van der Waals surface area contributed by atoms with Gasteiger partial charge in [0.25, 0.3) is 0 Å². The Balaban J connectivity index is 0.00000102. The zero-order valence-electron chi connectivity index (χ0n) is 18.1. The van der Waals surface area contributed by atoms with Crippen molar-refractivity contribution in [3.63, 3.8) is 0 Å². The van der Waals surface area contributed by atoms with Gasteiger partial charge >= 0.3 is 0 Å². The van der Waals surface area contributed by atoms with E-state index in [-0.39, 0.29) is 0 Å². The summed E-state index contributed by atoms with van der Waals surface area (Å²) in [4.78, 5) is 0. The Morgan fingerprint density at radius 3 is 2.48 bits per heavy atom. The molecule has 0 spiro atoms. The van der Waals surface area contributed by atoms with Gasteiger partial charge in [-0.25, -0.2) is 0 Å². The largest absolute Gasteiger partial charge is 0.400 e. The van der Waals surface area contributed by atoms with E-state index >= 15 is 0 Å². The van der Waals surface area contributed by atoms with Crippen molar-refractivity contribution in [2.75, 3.05) is 20.8 Å². The minimum atomic E-state index is 0.465. The van der Waals surface area contributed by atoms with Crippen molar-refractivity contribution in [1.82, 2.24) is 5.43 Å². The van der Waals surface area contributed by atoms with Crippen LogP contribution in [-0.4, -0.2) is 32.0 Å². The molecule has 4 aliphatic rings. The Morgan fingerprint density at radius 1 is 1.04 bits per heavy atom. The maximum absolute atomic E-state index is 7.00. The quantitative estimate of drug-likeness (QED) is 0.510. The summed E-state index contributed by atoms with van der Waals surface area (Å²) in [6, 6.07) is 0.465. The van der Waals surface area contributed by atoms with E-state index in [1.165, 1.54) is 57.8 Å². The zero-order chi connectivity index (χ0) is 19.6. The average Bonchev–Trinajstić information content (AvgIpc) is 3.06. The lowest BCUT2D eigenvalue weighted by atomic mass is 9.49. The molecule has 0 aromatic rings. The molecule has 4 N–H and O–H groups in total. The van der Waals surface area contributed by atoms with Gasteiger partial charge in [-0.15, -0.1) is 0 Å². The SMILES string of the molecule is CO.COCC1CCC2C(CCC3C2CCC2(C)C(C(C)NN)CCC32)C1. The molecule has 0 saturated heterocycles. The molecule has 0 heterocycles. The van der Waals surface area contributed by atoms with E-state index in [2.05, 4.69) is 19.3 Å². The van der Waals surface area contributed by atoms with E-state index in [1.54, 1.807) is 0 Å². The summed E-state index contributed by atoms with van der Waals surface area (Å²) in [5.74, 6) is 12.5. The third kappa shape index (κ3) is 3.84. The number of hydrogen-bond acceptors (Lipinski definition) is 4. The van der Waals surface area contributed by atoms with Gasteiger partial charge in [0.2, 0.25) is 0 Å². The van der Waals surface area contributed by atoms with Crippen molar-refractivity contribution in [2.45, 2.75) is 77.7 Å². The third-order valence-corrected chi connectivity index (χ3v) is 9.41. The molecule has 0 aromatic carbocycles. The van der Waals surface area contributed by atoms with Crippen molar-refractivity contribution < 1.29 is 9.84 Å². The van der Waals surface area contributed by atoms with Crippen molar-refractivity contribution in [1.29, 1.82) is 0 Å². The van der Waals surface area contributed by atoms with E-state index in [4.69, 9.17) is 15.7 Å². The van der Waals surface area contributed by atoms with E-state index in [1.807, 2.05) is 7.11 Å². The summed E-state index contributed by atoms with van der Waals surface area (Å²) in [5.41, 5.74) is 3.62. The normalized spacial score (nSPS) is 47.1. The van der Waals surface area contributed by atoms with Gasteiger partial charge in [-0.3, -0.25) is 11.3 Å². The number of rotatable bonds is 4. The summed E-state index contributed by atoms with van der Waals surface area (Å²) in [7, 11) is 2.87. The number of aliphatic hydroxyl groups is 1. The van der Waals surface area contributed by atoms with Crippen LogP contribution in [0.25, 0.3) is 0 Å². The lowest BCUT2D eigenvalue weighted by Crippen LogP contribution is -2.51. The molecule has 0 aromatic heterocycles. The summed E-state index contributed by atoms with van der Waals surface area (Å²) < 4.78 is 5.47. The molecular weight excluding hydrogens is 336 g/mol. The molecule has 0 radical (unpaired) electrons. The minimum absolute atomic E-state index is 0.465. The first-order valence-corrected chi connectivity index (χ1v) is 11.5. The second kappa shape index (κ2) is 9.11. The monoisotopic (exact) mass is 380 g/mol. The van der Waals surface area contributed by atoms with Gasteiger partial charge in [-0.2, -0.15) is 0 Å².